The van der Waals surface area contributed by atoms with Crippen molar-refractivity contribution in [3.05, 3.63) is 17.6 Å². The second-order valence-electron chi connectivity index (χ2n) is 5.46. The Balaban J connectivity index is 2.91. The van der Waals surface area contributed by atoms with Gasteiger partial charge in [0.15, 0.2) is 0 Å². The van der Waals surface area contributed by atoms with Crippen molar-refractivity contribution in [2.45, 2.75) is 52.5 Å². The lowest BCUT2D eigenvalue weighted by molar-refractivity contribution is 0.523. The standard InChI is InChI=1S/C13H24N4/c1-9(2)12-15-10(3)8-11(16-12)17-13(4,5)6-7-14/h8-9H,6-7,14H2,1-5H3,(H,15,16,17). The summed E-state index contributed by atoms with van der Waals surface area (Å²) in [7, 11) is 0. The van der Waals surface area contributed by atoms with E-state index in [2.05, 4.69) is 43.0 Å². The quantitative estimate of drug-likeness (QED) is 0.824. The summed E-state index contributed by atoms with van der Waals surface area (Å²) in [6, 6.07) is 1.98. The Hall–Kier alpha value is -1.16. The van der Waals surface area contributed by atoms with E-state index in [9.17, 15) is 0 Å². The van der Waals surface area contributed by atoms with Gasteiger partial charge in [-0.1, -0.05) is 13.8 Å². The second kappa shape index (κ2) is 5.45. The van der Waals surface area contributed by atoms with E-state index < -0.39 is 0 Å². The molecule has 1 aromatic rings. The lowest BCUT2D eigenvalue weighted by atomic mass is 10.0. The summed E-state index contributed by atoms with van der Waals surface area (Å²) in [5, 5.41) is 3.42. The van der Waals surface area contributed by atoms with Crippen molar-refractivity contribution in [1.29, 1.82) is 0 Å². The molecule has 0 saturated heterocycles. The molecule has 3 N–H and O–H groups in total. The molecule has 4 nitrogen and oxygen atoms in total. The van der Waals surface area contributed by atoms with E-state index in [4.69, 9.17) is 5.73 Å². The van der Waals surface area contributed by atoms with Gasteiger partial charge in [0, 0.05) is 23.2 Å². The first-order valence-electron chi connectivity index (χ1n) is 6.18. The fourth-order valence-corrected chi connectivity index (χ4v) is 1.68. The summed E-state index contributed by atoms with van der Waals surface area (Å²) in [5.74, 6) is 2.11. The topological polar surface area (TPSA) is 63.8 Å². The molecule has 0 amide bonds. The molecule has 0 spiro atoms. The van der Waals surface area contributed by atoms with Crippen LogP contribution in [0.25, 0.3) is 0 Å². The molecule has 0 fully saturated rings. The van der Waals surface area contributed by atoms with Gasteiger partial charge in [-0.25, -0.2) is 9.97 Å². The molecule has 0 aromatic carbocycles. The van der Waals surface area contributed by atoms with Gasteiger partial charge in [-0.15, -0.1) is 0 Å². The Labute approximate surface area is 104 Å². The van der Waals surface area contributed by atoms with E-state index in [1.165, 1.54) is 0 Å². The highest BCUT2D eigenvalue weighted by atomic mass is 15.1. The van der Waals surface area contributed by atoms with Crippen LogP contribution in [0.1, 0.15) is 51.6 Å². The van der Waals surface area contributed by atoms with Gasteiger partial charge in [-0.3, -0.25) is 0 Å². The van der Waals surface area contributed by atoms with Crippen LogP contribution < -0.4 is 11.1 Å². The average Bonchev–Trinajstić information content (AvgIpc) is 2.15. The summed E-state index contributed by atoms with van der Waals surface area (Å²) >= 11 is 0. The first-order chi connectivity index (χ1) is 7.84. The molecule has 17 heavy (non-hydrogen) atoms. The van der Waals surface area contributed by atoms with Gasteiger partial charge in [0.2, 0.25) is 0 Å². The van der Waals surface area contributed by atoms with Gasteiger partial charge >= 0.3 is 0 Å². The molecule has 0 radical (unpaired) electrons. The Morgan fingerprint density at radius 3 is 2.53 bits per heavy atom. The first kappa shape index (κ1) is 13.9. The third-order valence-corrected chi connectivity index (χ3v) is 2.62. The van der Waals surface area contributed by atoms with Gasteiger partial charge in [-0.05, 0) is 33.7 Å². The van der Waals surface area contributed by atoms with E-state index in [-0.39, 0.29) is 5.54 Å². The van der Waals surface area contributed by atoms with E-state index in [0.717, 1.165) is 23.8 Å². The summed E-state index contributed by atoms with van der Waals surface area (Å²) in [4.78, 5) is 8.97. The summed E-state index contributed by atoms with van der Waals surface area (Å²) in [6.45, 7) is 11.1. The normalized spacial score (nSPS) is 11.9. The smallest absolute Gasteiger partial charge is 0.133 e. The minimum Gasteiger partial charge on any atom is -0.365 e. The van der Waals surface area contributed by atoms with Crippen LogP contribution in [0.15, 0.2) is 6.07 Å². The van der Waals surface area contributed by atoms with Crippen LogP contribution in [-0.2, 0) is 0 Å². The summed E-state index contributed by atoms with van der Waals surface area (Å²) in [6.07, 6.45) is 0.910. The Bertz CT molecular complexity index is 372. The number of rotatable bonds is 5. The zero-order valence-electron chi connectivity index (χ0n) is 11.5. The largest absolute Gasteiger partial charge is 0.365 e. The van der Waals surface area contributed by atoms with E-state index in [1.807, 2.05) is 13.0 Å². The fourth-order valence-electron chi connectivity index (χ4n) is 1.68. The maximum atomic E-state index is 5.60. The van der Waals surface area contributed by atoms with Gasteiger partial charge in [0.1, 0.15) is 11.6 Å². The number of nitrogens with one attached hydrogen (secondary N) is 1. The fraction of sp³-hybridized carbons (Fsp3) is 0.692. The molecule has 0 saturated carbocycles. The second-order valence-corrected chi connectivity index (χ2v) is 5.46. The zero-order valence-corrected chi connectivity index (χ0v) is 11.5. The molecule has 1 aromatic heterocycles. The maximum absolute atomic E-state index is 5.60. The number of anilines is 1. The molecule has 0 aliphatic carbocycles. The Morgan fingerprint density at radius 2 is 2.00 bits per heavy atom. The molecular weight excluding hydrogens is 212 g/mol. The van der Waals surface area contributed by atoms with Crippen LogP contribution in [0.5, 0.6) is 0 Å². The molecule has 0 bridgehead atoms. The highest BCUT2D eigenvalue weighted by Crippen LogP contribution is 2.18. The van der Waals surface area contributed by atoms with Crippen LogP contribution in [0, 0.1) is 6.92 Å². The van der Waals surface area contributed by atoms with Gasteiger partial charge in [-0.2, -0.15) is 0 Å². The molecule has 0 unspecified atom stereocenters. The zero-order chi connectivity index (χ0) is 13.1. The maximum Gasteiger partial charge on any atom is 0.133 e. The number of nitrogens with two attached hydrogens (primary N) is 1. The Morgan fingerprint density at radius 1 is 1.35 bits per heavy atom. The van der Waals surface area contributed by atoms with Crippen LogP contribution in [0.2, 0.25) is 0 Å². The van der Waals surface area contributed by atoms with Crippen LogP contribution >= 0.6 is 0 Å². The lowest BCUT2D eigenvalue weighted by Gasteiger charge is -2.26. The third kappa shape index (κ3) is 4.30. The van der Waals surface area contributed by atoms with E-state index in [0.29, 0.717) is 12.5 Å². The highest BCUT2D eigenvalue weighted by molar-refractivity contribution is 5.38. The van der Waals surface area contributed by atoms with Crippen LogP contribution in [-0.4, -0.2) is 22.1 Å². The molecular formula is C13H24N4. The predicted molar refractivity (Wildman–Crippen MR) is 72.2 cm³/mol. The van der Waals surface area contributed by atoms with Crippen molar-refractivity contribution < 1.29 is 0 Å². The van der Waals surface area contributed by atoms with Crippen molar-refractivity contribution in [2.24, 2.45) is 5.73 Å². The summed E-state index contributed by atoms with van der Waals surface area (Å²) in [5.41, 5.74) is 6.56. The minimum absolute atomic E-state index is 0.0379. The number of aryl methyl sites for hydroxylation is 1. The number of nitrogens with zero attached hydrogens (tertiary/aromatic N) is 2. The van der Waals surface area contributed by atoms with E-state index in [1.54, 1.807) is 0 Å². The average molecular weight is 236 g/mol. The van der Waals surface area contributed by atoms with E-state index >= 15 is 0 Å². The molecule has 4 heteroatoms. The van der Waals surface area contributed by atoms with Gasteiger partial charge < -0.3 is 11.1 Å². The SMILES string of the molecule is Cc1cc(NC(C)(C)CCN)nc(C(C)C)n1. The lowest BCUT2D eigenvalue weighted by Crippen LogP contribution is -2.34. The Kier molecular flexibility index (Phi) is 4.46. The van der Waals surface area contributed by atoms with Crippen molar-refractivity contribution in [3.63, 3.8) is 0 Å². The van der Waals surface area contributed by atoms with Crippen molar-refractivity contribution in [1.82, 2.24) is 9.97 Å². The van der Waals surface area contributed by atoms with Crippen LogP contribution in [0.4, 0.5) is 5.82 Å². The van der Waals surface area contributed by atoms with Crippen molar-refractivity contribution in [2.75, 3.05) is 11.9 Å². The van der Waals surface area contributed by atoms with Crippen molar-refractivity contribution in [3.8, 4) is 0 Å². The van der Waals surface area contributed by atoms with Gasteiger partial charge in [0.25, 0.3) is 0 Å². The predicted octanol–water partition coefficient (Wildman–Crippen LogP) is 2.45. The molecule has 1 heterocycles. The minimum atomic E-state index is -0.0379. The number of hydrogen-bond acceptors (Lipinski definition) is 4. The number of hydrogen-bond donors (Lipinski definition) is 2. The molecule has 1 rings (SSSR count). The summed E-state index contributed by atoms with van der Waals surface area (Å²) < 4.78 is 0. The molecule has 0 atom stereocenters. The highest BCUT2D eigenvalue weighted by Gasteiger charge is 2.17. The van der Waals surface area contributed by atoms with Gasteiger partial charge in [0.05, 0.1) is 0 Å². The van der Waals surface area contributed by atoms with Crippen LogP contribution in [0.3, 0.4) is 0 Å². The first-order valence-corrected chi connectivity index (χ1v) is 6.18. The third-order valence-electron chi connectivity index (χ3n) is 2.62. The van der Waals surface area contributed by atoms with Crippen molar-refractivity contribution >= 4 is 5.82 Å². The molecule has 0 aliphatic heterocycles. The molecule has 96 valence electrons. The number of aromatic nitrogens is 2. The molecule has 0 aliphatic rings. The monoisotopic (exact) mass is 236 g/mol.